The van der Waals surface area contributed by atoms with Gasteiger partial charge in [0.1, 0.15) is 12.1 Å². The van der Waals surface area contributed by atoms with Crippen LogP contribution < -0.4 is 5.32 Å². The number of hydrogen-bond donors (Lipinski definition) is 2. The van der Waals surface area contributed by atoms with E-state index in [-0.39, 0.29) is 0 Å². The molecule has 0 spiro atoms. The van der Waals surface area contributed by atoms with Gasteiger partial charge in [0.05, 0.1) is 12.1 Å². The quantitative estimate of drug-likeness (QED) is 0.533. The number of aromatic nitrogens is 4. The van der Waals surface area contributed by atoms with Crippen LogP contribution in [0, 0.1) is 5.41 Å². The average molecular weight is 324 g/mol. The van der Waals surface area contributed by atoms with Gasteiger partial charge in [0, 0.05) is 30.2 Å². The van der Waals surface area contributed by atoms with Crippen molar-refractivity contribution in [2.24, 2.45) is 10.2 Å². The molecule has 0 radical (unpaired) electrons. The molecular formula is C14H12N8S. The molecule has 0 aromatic carbocycles. The zero-order chi connectivity index (χ0) is 15.9. The average Bonchev–Trinajstić information content (AvgIpc) is 3.09. The number of thiazole rings is 1. The van der Waals surface area contributed by atoms with Crippen molar-refractivity contribution in [3.05, 3.63) is 53.6 Å². The van der Waals surface area contributed by atoms with Gasteiger partial charge in [0.2, 0.25) is 0 Å². The zero-order valence-corrected chi connectivity index (χ0v) is 12.7. The second-order valence-corrected chi connectivity index (χ2v) is 5.22. The lowest BCUT2D eigenvalue weighted by Gasteiger charge is -2.06. The van der Waals surface area contributed by atoms with Gasteiger partial charge >= 0.3 is 0 Å². The third-order valence-electron chi connectivity index (χ3n) is 2.81. The van der Waals surface area contributed by atoms with Gasteiger partial charge in [0.25, 0.3) is 0 Å². The first kappa shape index (κ1) is 14.9. The fourth-order valence-electron chi connectivity index (χ4n) is 1.76. The number of hydrogen-bond acceptors (Lipinski definition) is 9. The highest BCUT2D eigenvalue weighted by molar-refractivity contribution is 7.13. The Kier molecular flexibility index (Phi) is 4.69. The van der Waals surface area contributed by atoms with Crippen LogP contribution >= 0.6 is 11.3 Å². The Labute approximate surface area is 135 Å². The first-order valence-electron chi connectivity index (χ1n) is 6.65. The topological polar surface area (TPSA) is 112 Å². The molecule has 0 aliphatic rings. The van der Waals surface area contributed by atoms with E-state index in [9.17, 15) is 0 Å². The van der Waals surface area contributed by atoms with E-state index in [0.29, 0.717) is 28.9 Å². The Morgan fingerprint density at radius 3 is 2.96 bits per heavy atom. The van der Waals surface area contributed by atoms with Crippen LogP contribution in [-0.4, -0.2) is 26.2 Å². The van der Waals surface area contributed by atoms with Gasteiger partial charge in [-0.15, -0.1) is 16.5 Å². The van der Waals surface area contributed by atoms with Gasteiger partial charge < -0.3 is 10.7 Å². The standard InChI is InChI=1S/C14H12N8S/c15-6-11-12(21-14-17-4-5-23-14)18-9-19-13(11)22-20-8-10-2-1-3-16-7-10/h1-7,9,15H,8H2,(H,17,18,19,21). The van der Waals surface area contributed by atoms with Crippen LogP contribution in [0.3, 0.4) is 0 Å². The highest BCUT2D eigenvalue weighted by Gasteiger charge is 2.10. The van der Waals surface area contributed by atoms with Crippen molar-refractivity contribution in [2.45, 2.75) is 6.54 Å². The summed E-state index contributed by atoms with van der Waals surface area (Å²) >= 11 is 1.44. The smallest absolute Gasteiger partial charge is 0.188 e. The molecule has 3 rings (SSSR count). The van der Waals surface area contributed by atoms with Crippen LogP contribution in [0.2, 0.25) is 0 Å². The molecular weight excluding hydrogens is 312 g/mol. The van der Waals surface area contributed by atoms with E-state index in [1.165, 1.54) is 17.7 Å². The van der Waals surface area contributed by atoms with E-state index in [4.69, 9.17) is 5.41 Å². The summed E-state index contributed by atoms with van der Waals surface area (Å²) in [6.07, 6.45) is 7.64. The largest absolute Gasteiger partial charge is 0.316 e. The first-order valence-corrected chi connectivity index (χ1v) is 7.53. The van der Waals surface area contributed by atoms with Crippen LogP contribution in [0.1, 0.15) is 11.1 Å². The minimum absolute atomic E-state index is 0.331. The Balaban J connectivity index is 1.80. The summed E-state index contributed by atoms with van der Waals surface area (Å²) in [4.78, 5) is 16.4. The molecule has 9 heteroatoms. The zero-order valence-electron chi connectivity index (χ0n) is 11.9. The SMILES string of the molecule is N=Cc1c(N=NCc2cccnc2)ncnc1Nc1nccs1. The van der Waals surface area contributed by atoms with Crippen LogP contribution in [0.25, 0.3) is 0 Å². The molecule has 0 saturated carbocycles. The van der Waals surface area contributed by atoms with Crippen molar-refractivity contribution >= 4 is 34.3 Å². The molecule has 0 aliphatic heterocycles. The van der Waals surface area contributed by atoms with Crippen molar-refractivity contribution in [3.8, 4) is 0 Å². The summed E-state index contributed by atoms with van der Waals surface area (Å²) < 4.78 is 0. The third-order valence-corrected chi connectivity index (χ3v) is 3.49. The Morgan fingerprint density at radius 1 is 1.26 bits per heavy atom. The minimum Gasteiger partial charge on any atom is -0.316 e. The Bertz CT molecular complexity index is 801. The van der Waals surface area contributed by atoms with Crippen LogP contribution in [-0.2, 0) is 6.54 Å². The molecule has 3 heterocycles. The van der Waals surface area contributed by atoms with Crippen molar-refractivity contribution < 1.29 is 0 Å². The summed E-state index contributed by atoms with van der Waals surface area (Å²) in [5, 5.41) is 21.4. The van der Waals surface area contributed by atoms with E-state index in [0.717, 1.165) is 11.8 Å². The number of azo groups is 1. The number of nitrogens with one attached hydrogen (secondary N) is 2. The van der Waals surface area contributed by atoms with Gasteiger partial charge in [0.15, 0.2) is 10.9 Å². The van der Waals surface area contributed by atoms with Crippen molar-refractivity contribution in [1.29, 1.82) is 5.41 Å². The number of pyridine rings is 1. The summed E-state index contributed by atoms with van der Waals surface area (Å²) in [7, 11) is 0. The van der Waals surface area contributed by atoms with E-state index in [1.807, 2.05) is 17.5 Å². The number of nitrogens with zero attached hydrogens (tertiary/aromatic N) is 6. The molecule has 0 fully saturated rings. The molecule has 0 atom stereocenters. The van der Waals surface area contributed by atoms with E-state index >= 15 is 0 Å². The highest BCUT2D eigenvalue weighted by atomic mass is 32.1. The molecule has 3 aromatic heterocycles. The second kappa shape index (κ2) is 7.27. The van der Waals surface area contributed by atoms with Crippen molar-refractivity contribution in [3.63, 3.8) is 0 Å². The fourth-order valence-corrected chi connectivity index (χ4v) is 2.29. The van der Waals surface area contributed by atoms with Gasteiger partial charge in [-0.1, -0.05) is 6.07 Å². The lowest BCUT2D eigenvalue weighted by atomic mass is 10.3. The van der Waals surface area contributed by atoms with Gasteiger partial charge in [-0.3, -0.25) is 4.98 Å². The molecule has 23 heavy (non-hydrogen) atoms. The molecule has 0 bridgehead atoms. The molecule has 114 valence electrons. The molecule has 2 N–H and O–H groups in total. The molecule has 0 unspecified atom stereocenters. The van der Waals surface area contributed by atoms with Crippen LogP contribution in [0.15, 0.2) is 52.7 Å². The summed E-state index contributed by atoms with van der Waals surface area (Å²) in [6, 6.07) is 3.76. The second-order valence-electron chi connectivity index (χ2n) is 4.33. The molecule has 0 aliphatic carbocycles. The summed E-state index contributed by atoms with van der Waals surface area (Å²) in [6.45, 7) is 0.393. The monoisotopic (exact) mass is 324 g/mol. The lowest BCUT2D eigenvalue weighted by Crippen LogP contribution is -1.99. The maximum absolute atomic E-state index is 7.58. The maximum Gasteiger partial charge on any atom is 0.188 e. The molecule has 0 saturated heterocycles. The van der Waals surface area contributed by atoms with E-state index in [2.05, 4.69) is 35.5 Å². The highest BCUT2D eigenvalue weighted by Crippen LogP contribution is 2.24. The molecule has 3 aromatic rings. The first-order chi connectivity index (χ1) is 11.4. The third kappa shape index (κ3) is 3.77. The fraction of sp³-hybridized carbons (Fsp3) is 0.0714. The van der Waals surface area contributed by atoms with Crippen molar-refractivity contribution in [1.82, 2.24) is 19.9 Å². The minimum atomic E-state index is 0.331. The van der Waals surface area contributed by atoms with Gasteiger partial charge in [-0.05, 0) is 11.6 Å². The van der Waals surface area contributed by atoms with Crippen LogP contribution in [0.5, 0.6) is 0 Å². The van der Waals surface area contributed by atoms with Crippen LogP contribution in [0.4, 0.5) is 16.8 Å². The summed E-state index contributed by atoms with van der Waals surface area (Å²) in [5.41, 5.74) is 1.40. The number of rotatable bonds is 6. The predicted molar refractivity (Wildman–Crippen MR) is 87.8 cm³/mol. The van der Waals surface area contributed by atoms with E-state index < -0.39 is 0 Å². The lowest BCUT2D eigenvalue weighted by molar-refractivity contribution is 0.933. The summed E-state index contributed by atoms with van der Waals surface area (Å²) in [5.74, 6) is 0.804. The normalized spacial score (nSPS) is 10.8. The number of anilines is 2. The van der Waals surface area contributed by atoms with E-state index in [1.54, 1.807) is 18.6 Å². The van der Waals surface area contributed by atoms with Gasteiger partial charge in [-0.2, -0.15) is 5.11 Å². The van der Waals surface area contributed by atoms with Gasteiger partial charge in [-0.25, -0.2) is 15.0 Å². The van der Waals surface area contributed by atoms with Crippen molar-refractivity contribution in [2.75, 3.05) is 5.32 Å². The maximum atomic E-state index is 7.58. The predicted octanol–water partition coefficient (Wildman–Crippen LogP) is 3.35. The molecule has 8 nitrogen and oxygen atoms in total. The Morgan fingerprint density at radius 2 is 2.22 bits per heavy atom. The molecule has 0 amide bonds. The Hall–Kier alpha value is -3.07.